The lowest BCUT2D eigenvalue weighted by Gasteiger charge is -2.24. The summed E-state index contributed by atoms with van der Waals surface area (Å²) in [6.45, 7) is 6.89. The molecule has 0 aromatic heterocycles. The van der Waals surface area contributed by atoms with E-state index in [1.165, 1.54) is 5.56 Å². The van der Waals surface area contributed by atoms with Gasteiger partial charge in [0.05, 0.1) is 0 Å². The molecule has 0 aliphatic rings. The van der Waals surface area contributed by atoms with E-state index in [-0.39, 0.29) is 11.3 Å². The summed E-state index contributed by atoms with van der Waals surface area (Å²) in [6, 6.07) is 10.6. The molecule has 4 heteroatoms. The Morgan fingerprint density at radius 1 is 1.39 bits per heavy atom. The molecule has 0 aliphatic carbocycles. The molecule has 0 spiro atoms. The zero-order chi connectivity index (χ0) is 13.6. The van der Waals surface area contributed by atoms with Gasteiger partial charge in [-0.15, -0.1) is 0 Å². The van der Waals surface area contributed by atoms with Crippen LogP contribution in [0.4, 0.5) is 0 Å². The van der Waals surface area contributed by atoms with Crippen molar-refractivity contribution in [2.75, 3.05) is 6.54 Å². The highest BCUT2D eigenvalue weighted by Crippen LogP contribution is 2.20. The topological polar surface area (TPSA) is 70.6 Å². The number of oxime groups is 1. The summed E-state index contributed by atoms with van der Waals surface area (Å²) in [7, 11) is 0. The predicted octanol–water partition coefficient (Wildman–Crippen LogP) is 2.50. The number of benzene rings is 1. The van der Waals surface area contributed by atoms with Crippen LogP contribution in [0.25, 0.3) is 0 Å². The van der Waals surface area contributed by atoms with Gasteiger partial charge in [-0.05, 0) is 25.5 Å². The van der Waals surface area contributed by atoms with E-state index in [0.29, 0.717) is 6.04 Å². The van der Waals surface area contributed by atoms with E-state index in [0.717, 1.165) is 13.0 Å². The van der Waals surface area contributed by atoms with Gasteiger partial charge < -0.3 is 16.3 Å². The van der Waals surface area contributed by atoms with E-state index in [4.69, 9.17) is 10.9 Å². The average Bonchev–Trinajstić information content (AvgIpc) is 2.38. The van der Waals surface area contributed by atoms with Gasteiger partial charge in [0, 0.05) is 11.5 Å². The largest absolute Gasteiger partial charge is 0.409 e. The van der Waals surface area contributed by atoms with Gasteiger partial charge in [-0.25, -0.2) is 0 Å². The Hall–Kier alpha value is -1.55. The molecule has 4 N–H and O–H groups in total. The van der Waals surface area contributed by atoms with Crippen LogP contribution in [0.2, 0.25) is 0 Å². The Kier molecular flexibility index (Phi) is 5.16. The lowest BCUT2D eigenvalue weighted by Crippen LogP contribution is -2.35. The maximum absolute atomic E-state index is 8.70. The number of rotatable bonds is 6. The smallest absolute Gasteiger partial charge is 0.144 e. The standard InChI is InChI=1S/C14H23N3O/c1-11(12-7-5-4-6-8-12)16-10-9-14(2,3)13(15)17-18/h4-8,11,16,18H,9-10H2,1-3H3,(H2,15,17). The third-order valence-electron chi connectivity index (χ3n) is 3.30. The Morgan fingerprint density at radius 2 is 2.00 bits per heavy atom. The fraction of sp³-hybridized carbons (Fsp3) is 0.500. The zero-order valence-corrected chi connectivity index (χ0v) is 11.4. The van der Waals surface area contributed by atoms with Crippen LogP contribution in [-0.4, -0.2) is 17.6 Å². The molecular formula is C14H23N3O. The highest BCUT2D eigenvalue weighted by atomic mass is 16.4. The molecule has 1 atom stereocenters. The van der Waals surface area contributed by atoms with Gasteiger partial charge in [0.15, 0.2) is 0 Å². The van der Waals surface area contributed by atoms with Crippen LogP contribution in [0.5, 0.6) is 0 Å². The SMILES string of the molecule is CC(NCCC(C)(C)C(N)=NO)c1ccccc1. The third kappa shape index (κ3) is 4.04. The number of nitrogens with one attached hydrogen (secondary N) is 1. The van der Waals surface area contributed by atoms with Crippen molar-refractivity contribution >= 4 is 5.84 Å². The minimum Gasteiger partial charge on any atom is -0.409 e. The van der Waals surface area contributed by atoms with Gasteiger partial charge in [-0.3, -0.25) is 0 Å². The number of hydrogen-bond acceptors (Lipinski definition) is 3. The van der Waals surface area contributed by atoms with Crippen LogP contribution >= 0.6 is 0 Å². The second kappa shape index (κ2) is 6.40. The van der Waals surface area contributed by atoms with Crippen LogP contribution in [0.15, 0.2) is 35.5 Å². The molecule has 4 nitrogen and oxygen atoms in total. The second-order valence-corrected chi connectivity index (χ2v) is 5.21. The average molecular weight is 249 g/mol. The molecule has 0 heterocycles. The van der Waals surface area contributed by atoms with E-state index in [9.17, 15) is 0 Å². The van der Waals surface area contributed by atoms with Gasteiger partial charge >= 0.3 is 0 Å². The van der Waals surface area contributed by atoms with Crippen molar-refractivity contribution in [1.29, 1.82) is 0 Å². The minimum atomic E-state index is -0.293. The Morgan fingerprint density at radius 3 is 2.56 bits per heavy atom. The molecule has 1 aromatic rings. The lowest BCUT2D eigenvalue weighted by atomic mass is 9.88. The molecule has 1 rings (SSSR count). The van der Waals surface area contributed by atoms with Crippen LogP contribution in [0.1, 0.15) is 38.8 Å². The van der Waals surface area contributed by atoms with Crippen molar-refractivity contribution in [3.05, 3.63) is 35.9 Å². The quantitative estimate of drug-likeness (QED) is 0.314. The van der Waals surface area contributed by atoms with Crippen molar-refractivity contribution in [1.82, 2.24) is 5.32 Å². The van der Waals surface area contributed by atoms with Gasteiger partial charge in [0.25, 0.3) is 0 Å². The molecule has 0 saturated carbocycles. The van der Waals surface area contributed by atoms with Crippen LogP contribution in [0, 0.1) is 5.41 Å². The summed E-state index contributed by atoms with van der Waals surface area (Å²) in [5, 5.41) is 15.2. The predicted molar refractivity (Wildman–Crippen MR) is 74.7 cm³/mol. The normalized spacial score (nSPS) is 14.5. The summed E-state index contributed by atoms with van der Waals surface area (Å²) in [5.41, 5.74) is 6.62. The van der Waals surface area contributed by atoms with Crippen molar-refractivity contribution in [2.24, 2.45) is 16.3 Å². The summed E-state index contributed by atoms with van der Waals surface area (Å²) >= 11 is 0. The van der Waals surface area contributed by atoms with E-state index in [2.05, 4.69) is 29.5 Å². The molecule has 100 valence electrons. The zero-order valence-electron chi connectivity index (χ0n) is 11.4. The molecule has 0 fully saturated rings. The molecule has 0 saturated heterocycles. The van der Waals surface area contributed by atoms with Gasteiger partial charge in [0.1, 0.15) is 5.84 Å². The van der Waals surface area contributed by atoms with Crippen LogP contribution in [0.3, 0.4) is 0 Å². The number of nitrogens with two attached hydrogens (primary N) is 1. The van der Waals surface area contributed by atoms with Gasteiger partial charge in [0.2, 0.25) is 0 Å². The highest BCUT2D eigenvalue weighted by molar-refractivity contribution is 5.85. The lowest BCUT2D eigenvalue weighted by molar-refractivity contribution is 0.304. The van der Waals surface area contributed by atoms with E-state index in [1.807, 2.05) is 32.0 Å². The van der Waals surface area contributed by atoms with Gasteiger partial charge in [-0.2, -0.15) is 0 Å². The monoisotopic (exact) mass is 249 g/mol. The van der Waals surface area contributed by atoms with Crippen molar-refractivity contribution in [3.63, 3.8) is 0 Å². The summed E-state index contributed by atoms with van der Waals surface area (Å²) in [5.74, 6) is 0.275. The molecule has 1 aromatic carbocycles. The number of hydrogen-bond donors (Lipinski definition) is 3. The van der Waals surface area contributed by atoms with E-state index in [1.54, 1.807) is 0 Å². The van der Waals surface area contributed by atoms with Crippen molar-refractivity contribution < 1.29 is 5.21 Å². The maximum atomic E-state index is 8.70. The first kappa shape index (κ1) is 14.5. The fourth-order valence-electron chi connectivity index (χ4n) is 1.72. The van der Waals surface area contributed by atoms with Gasteiger partial charge in [-0.1, -0.05) is 49.3 Å². The molecule has 1 unspecified atom stereocenters. The van der Waals surface area contributed by atoms with E-state index >= 15 is 0 Å². The first-order chi connectivity index (χ1) is 8.47. The Labute approximate surface area is 109 Å². The molecule has 0 aliphatic heterocycles. The Bertz CT molecular complexity index is 387. The van der Waals surface area contributed by atoms with Crippen molar-refractivity contribution in [3.8, 4) is 0 Å². The minimum absolute atomic E-state index is 0.275. The first-order valence-electron chi connectivity index (χ1n) is 6.23. The molecule has 0 bridgehead atoms. The van der Waals surface area contributed by atoms with Crippen molar-refractivity contribution in [2.45, 2.75) is 33.2 Å². The van der Waals surface area contributed by atoms with Crippen LogP contribution < -0.4 is 11.1 Å². The summed E-state index contributed by atoms with van der Waals surface area (Å²) < 4.78 is 0. The summed E-state index contributed by atoms with van der Waals surface area (Å²) in [6.07, 6.45) is 0.820. The number of amidine groups is 1. The fourth-order valence-corrected chi connectivity index (χ4v) is 1.72. The Balaban J connectivity index is 2.43. The molecule has 0 amide bonds. The highest BCUT2D eigenvalue weighted by Gasteiger charge is 2.23. The van der Waals surface area contributed by atoms with E-state index < -0.39 is 0 Å². The molecule has 0 radical (unpaired) electrons. The summed E-state index contributed by atoms with van der Waals surface area (Å²) in [4.78, 5) is 0. The third-order valence-corrected chi connectivity index (χ3v) is 3.30. The molecule has 18 heavy (non-hydrogen) atoms. The number of nitrogens with zero attached hydrogens (tertiary/aromatic N) is 1. The van der Waals surface area contributed by atoms with Crippen LogP contribution in [-0.2, 0) is 0 Å². The molecular weight excluding hydrogens is 226 g/mol. The second-order valence-electron chi connectivity index (χ2n) is 5.21. The first-order valence-corrected chi connectivity index (χ1v) is 6.23. The maximum Gasteiger partial charge on any atom is 0.144 e.